The number of benzene rings is 2. The first-order chi connectivity index (χ1) is 11.9. The number of hydrogen-bond donors (Lipinski definition) is 2. The van der Waals surface area contributed by atoms with Crippen LogP contribution in [-0.2, 0) is 0 Å². The van der Waals surface area contributed by atoms with Gasteiger partial charge in [-0.05, 0) is 49.2 Å². The first-order valence-corrected chi connectivity index (χ1v) is 8.94. The summed E-state index contributed by atoms with van der Waals surface area (Å²) in [4.78, 5) is 12.1. The number of aryl methyl sites for hydroxylation is 2. The molecule has 2 amide bonds. The zero-order valence-corrected chi connectivity index (χ0v) is 15.8. The van der Waals surface area contributed by atoms with E-state index in [1.807, 2.05) is 25.1 Å². The number of amides is 2. The predicted molar refractivity (Wildman–Crippen MR) is 104 cm³/mol. The van der Waals surface area contributed by atoms with Crippen LogP contribution in [0, 0.1) is 13.8 Å². The highest BCUT2D eigenvalue weighted by atomic mass is 35.5. The van der Waals surface area contributed by atoms with Crippen molar-refractivity contribution < 1.29 is 4.79 Å². The van der Waals surface area contributed by atoms with Gasteiger partial charge in [-0.1, -0.05) is 46.7 Å². The second kappa shape index (κ2) is 7.39. The number of carbonyl (C=O) groups is 1. The van der Waals surface area contributed by atoms with Gasteiger partial charge in [0.1, 0.15) is 5.01 Å². The molecular weight excluding hydrogens is 379 g/mol. The molecule has 25 heavy (non-hydrogen) atoms. The molecule has 2 aromatic carbocycles. The number of hydrogen-bond acceptors (Lipinski definition) is 4. The second-order valence-electron chi connectivity index (χ2n) is 5.41. The van der Waals surface area contributed by atoms with Gasteiger partial charge < -0.3 is 5.32 Å². The summed E-state index contributed by atoms with van der Waals surface area (Å²) in [6.07, 6.45) is 0. The maximum atomic E-state index is 12.1. The summed E-state index contributed by atoms with van der Waals surface area (Å²) in [5.74, 6) is 0. The summed E-state index contributed by atoms with van der Waals surface area (Å²) in [5.41, 5.74) is 3.82. The number of anilines is 2. The monoisotopic (exact) mass is 392 g/mol. The number of aromatic nitrogens is 2. The fraction of sp³-hybridized carbons (Fsp3) is 0.118. The Labute approximate surface area is 159 Å². The molecule has 3 rings (SSSR count). The summed E-state index contributed by atoms with van der Waals surface area (Å²) in [5, 5.41) is 15.4. The van der Waals surface area contributed by atoms with Crippen LogP contribution in [-0.4, -0.2) is 16.2 Å². The molecule has 0 unspecified atom stereocenters. The number of urea groups is 1. The van der Waals surface area contributed by atoms with Gasteiger partial charge in [0.15, 0.2) is 0 Å². The minimum Gasteiger partial charge on any atom is -0.306 e. The molecule has 0 radical (unpaired) electrons. The Hall–Kier alpha value is -2.15. The standard InChI is InChI=1S/C17H14Cl2N4OS/c1-9-3-4-11(7-10(9)2)15-22-23-17(25-15)21-16(24)20-14-6-5-12(18)8-13(14)19/h3-8H,1-2H3,(H2,20,21,23,24). The van der Waals surface area contributed by atoms with Crippen molar-refractivity contribution in [3.63, 3.8) is 0 Å². The summed E-state index contributed by atoms with van der Waals surface area (Å²) >= 11 is 13.2. The predicted octanol–water partition coefficient (Wildman–Crippen LogP) is 5.77. The molecule has 0 bridgehead atoms. The zero-order valence-electron chi connectivity index (χ0n) is 13.4. The fourth-order valence-electron chi connectivity index (χ4n) is 2.11. The third-order valence-corrected chi connectivity index (χ3v) is 5.01. The van der Waals surface area contributed by atoms with Crippen LogP contribution < -0.4 is 10.6 Å². The smallest absolute Gasteiger partial charge is 0.306 e. The molecule has 0 saturated carbocycles. The molecule has 1 heterocycles. The normalized spacial score (nSPS) is 10.6. The lowest BCUT2D eigenvalue weighted by molar-refractivity contribution is 0.262. The number of nitrogens with one attached hydrogen (secondary N) is 2. The molecular formula is C17H14Cl2N4OS. The molecule has 0 fully saturated rings. The van der Waals surface area contributed by atoms with Gasteiger partial charge in [-0.15, -0.1) is 10.2 Å². The summed E-state index contributed by atoms with van der Waals surface area (Å²) in [6.45, 7) is 4.10. The lowest BCUT2D eigenvalue weighted by Crippen LogP contribution is -2.19. The number of nitrogens with zero attached hydrogens (tertiary/aromatic N) is 2. The SMILES string of the molecule is Cc1ccc(-c2nnc(NC(=O)Nc3ccc(Cl)cc3Cl)s2)cc1C. The Morgan fingerprint density at radius 1 is 1.00 bits per heavy atom. The maximum Gasteiger partial charge on any atom is 0.325 e. The van der Waals surface area contributed by atoms with E-state index in [1.165, 1.54) is 22.5 Å². The summed E-state index contributed by atoms with van der Waals surface area (Å²) < 4.78 is 0. The van der Waals surface area contributed by atoms with Crippen LogP contribution in [0.15, 0.2) is 36.4 Å². The van der Waals surface area contributed by atoms with E-state index in [1.54, 1.807) is 18.2 Å². The number of carbonyl (C=O) groups excluding carboxylic acids is 1. The second-order valence-corrected chi connectivity index (χ2v) is 7.24. The highest BCUT2D eigenvalue weighted by molar-refractivity contribution is 7.18. The van der Waals surface area contributed by atoms with E-state index >= 15 is 0 Å². The summed E-state index contributed by atoms with van der Waals surface area (Å²) in [7, 11) is 0. The van der Waals surface area contributed by atoms with E-state index in [0.717, 1.165) is 10.6 Å². The molecule has 5 nitrogen and oxygen atoms in total. The van der Waals surface area contributed by atoms with Crippen molar-refractivity contribution in [2.45, 2.75) is 13.8 Å². The van der Waals surface area contributed by atoms with E-state index in [0.29, 0.717) is 20.9 Å². The average Bonchev–Trinajstić information content (AvgIpc) is 3.01. The van der Waals surface area contributed by atoms with Crippen LogP contribution in [0.1, 0.15) is 11.1 Å². The molecule has 0 aliphatic heterocycles. The Kier molecular flexibility index (Phi) is 5.22. The molecule has 0 spiro atoms. The van der Waals surface area contributed by atoms with Crippen molar-refractivity contribution >= 4 is 51.4 Å². The third-order valence-electron chi connectivity index (χ3n) is 3.58. The van der Waals surface area contributed by atoms with Crippen molar-refractivity contribution in [3.8, 4) is 10.6 Å². The number of rotatable bonds is 3. The van der Waals surface area contributed by atoms with Gasteiger partial charge >= 0.3 is 6.03 Å². The van der Waals surface area contributed by atoms with Crippen LogP contribution in [0.2, 0.25) is 10.0 Å². The minimum atomic E-state index is -0.452. The van der Waals surface area contributed by atoms with Gasteiger partial charge in [-0.3, -0.25) is 5.32 Å². The molecule has 0 aliphatic rings. The van der Waals surface area contributed by atoms with Gasteiger partial charge in [-0.25, -0.2) is 4.79 Å². The van der Waals surface area contributed by atoms with Crippen molar-refractivity contribution in [2.75, 3.05) is 10.6 Å². The van der Waals surface area contributed by atoms with Crippen molar-refractivity contribution in [1.82, 2.24) is 10.2 Å². The van der Waals surface area contributed by atoms with Crippen molar-refractivity contribution in [1.29, 1.82) is 0 Å². The molecule has 3 aromatic rings. The first-order valence-electron chi connectivity index (χ1n) is 7.36. The van der Waals surface area contributed by atoms with Crippen LogP contribution >= 0.6 is 34.5 Å². The first kappa shape index (κ1) is 17.7. The van der Waals surface area contributed by atoms with Gasteiger partial charge in [0.25, 0.3) is 0 Å². The highest BCUT2D eigenvalue weighted by Crippen LogP contribution is 2.28. The molecule has 128 valence electrons. The third kappa shape index (κ3) is 4.28. The maximum absolute atomic E-state index is 12.1. The Morgan fingerprint density at radius 2 is 1.80 bits per heavy atom. The number of halogens is 2. The minimum absolute atomic E-state index is 0.357. The quantitative estimate of drug-likeness (QED) is 0.593. The molecule has 0 atom stereocenters. The lowest BCUT2D eigenvalue weighted by atomic mass is 10.1. The summed E-state index contributed by atoms with van der Waals surface area (Å²) in [6, 6.07) is 10.5. The topological polar surface area (TPSA) is 66.9 Å². The van der Waals surface area contributed by atoms with Gasteiger partial charge in [0, 0.05) is 10.6 Å². The van der Waals surface area contributed by atoms with Crippen LogP contribution in [0.5, 0.6) is 0 Å². The van der Waals surface area contributed by atoms with E-state index in [9.17, 15) is 4.79 Å². The van der Waals surface area contributed by atoms with Crippen molar-refractivity contribution in [3.05, 3.63) is 57.6 Å². The molecule has 0 aliphatic carbocycles. The van der Waals surface area contributed by atoms with Crippen molar-refractivity contribution in [2.24, 2.45) is 0 Å². The molecule has 1 aromatic heterocycles. The Morgan fingerprint density at radius 3 is 2.52 bits per heavy atom. The van der Waals surface area contributed by atoms with Crippen LogP contribution in [0.25, 0.3) is 10.6 Å². The van der Waals surface area contributed by atoms with E-state index in [-0.39, 0.29) is 0 Å². The Balaban J connectivity index is 1.70. The van der Waals surface area contributed by atoms with Gasteiger partial charge in [0.05, 0.1) is 10.7 Å². The van der Waals surface area contributed by atoms with E-state index < -0.39 is 6.03 Å². The lowest BCUT2D eigenvalue weighted by Gasteiger charge is -2.07. The molecule has 8 heteroatoms. The zero-order chi connectivity index (χ0) is 18.0. The average molecular weight is 393 g/mol. The Bertz CT molecular complexity index is 942. The van der Waals surface area contributed by atoms with E-state index in [4.69, 9.17) is 23.2 Å². The van der Waals surface area contributed by atoms with Crippen LogP contribution in [0.3, 0.4) is 0 Å². The largest absolute Gasteiger partial charge is 0.325 e. The van der Waals surface area contributed by atoms with Crippen LogP contribution in [0.4, 0.5) is 15.6 Å². The highest BCUT2D eigenvalue weighted by Gasteiger charge is 2.11. The molecule has 2 N–H and O–H groups in total. The molecule has 0 saturated heterocycles. The van der Waals surface area contributed by atoms with Gasteiger partial charge in [0.2, 0.25) is 5.13 Å². The van der Waals surface area contributed by atoms with Gasteiger partial charge in [-0.2, -0.15) is 0 Å². The van der Waals surface area contributed by atoms with E-state index in [2.05, 4.69) is 27.8 Å². The fourth-order valence-corrected chi connectivity index (χ4v) is 3.30.